The van der Waals surface area contributed by atoms with Gasteiger partial charge in [-0.2, -0.15) is 5.26 Å². The number of thioether (sulfide) groups is 1. The summed E-state index contributed by atoms with van der Waals surface area (Å²) in [6.07, 6.45) is 2.36. The van der Waals surface area contributed by atoms with E-state index in [4.69, 9.17) is 0 Å². The minimum Gasteiger partial charge on any atom is -0.299 e. The highest BCUT2D eigenvalue weighted by Crippen LogP contribution is 2.42. The Morgan fingerprint density at radius 2 is 2.47 bits per heavy atom. The molecule has 2 rings (SSSR count). The van der Waals surface area contributed by atoms with Gasteiger partial charge >= 0.3 is 0 Å². The first-order valence-corrected chi connectivity index (χ1v) is 7.78. The van der Waals surface area contributed by atoms with E-state index >= 15 is 0 Å². The number of nitrogens with zero attached hydrogens (tertiary/aromatic N) is 2. The lowest BCUT2D eigenvalue weighted by Crippen LogP contribution is -2.48. The molecule has 1 aliphatic carbocycles. The molecule has 5 heteroatoms. The molecule has 0 spiro atoms. The topological polar surface area (TPSA) is 48.7 Å². The molecule has 0 saturated heterocycles. The highest BCUT2D eigenvalue weighted by molar-refractivity contribution is 8.01. The van der Waals surface area contributed by atoms with Crippen molar-refractivity contribution in [1.29, 1.82) is 5.26 Å². The van der Waals surface area contributed by atoms with Gasteiger partial charge in [-0.1, -0.05) is 18.7 Å². The Bertz CT molecular complexity index is 420. The molecule has 1 atom stereocenters. The van der Waals surface area contributed by atoms with E-state index in [1.54, 1.807) is 23.1 Å². The third-order valence-electron chi connectivity index (χ3n) is 2.99. The zero-order valence-corrected chi connectivity index (χ0v) is 11.8. The number of aromatic nitrogens is 1. The van der Waals surface area contributed by atoms with Crippen molar-refractivity contribution in [3.05, 3.63) is 11.1 Å². The molecular weight excluding hydrogens is 250 g/mol. The van der Waals surface area contributed by atoms with Crippen molar-refractivity contribution in [2.75, 3.05) is 12.3 Å². The van der Waals surface area contributed by atoms with Gasteiger partial charge in [0.2, 0.25) is 0 Å². The van der Waals surface area contributed by atoms with E-state index in [0.29, 0.717) is 5.92 Å². The maximum Gasteiger partial charge on any atom is 0.150 e. The number of nitrogens with one attached hydrogen (secondary N) is 1. The molecule has 1 unspecified atom stereocenters. The molecule has 1 aliphatic rings. The van der Waals surface area contributed by atoms with Crippen LogP contribution in [0.25, 0.3) is 0 Å². The Labute approximate surface area is 111 Å². The average molecular weight is 267 g/mol. The number of rotatable bonds is 6. The quantitative estimate of drug-likeness (QED) is 0.805. The molecule has 1 saturated carbocycles. The standard InChI is InChI=1S/C12H17N3S2/c1-3-14-12(7-13,10-4-5-10)8-17-11-15-9(2)6-16-11/h6,10,14H,3-5,8H2,1-2H3. The lowest BCUT2D eigenvalue weighted by Gasteiger charge is -2.26. The molecule has 0 aliphatic heterocycles. The summed E-state index contributed by atoms with van der Waals surface area (Å²) in [4.78, 5) is 4.43. The van der Waals surface area contributed by atoms with Gasteiger partial charge in [0.1, 0.15) is 9.88 Å². The van der Waals surface area contributed by atoms with Gasteiger partial charge in [-0.25, -0.2) is 4.98 Å². The first-order valence-electron chi connectivity index (χ1n) is 5.91. The molecule has 1 heterocycles. The van der Waals surface area contributed by atoms with Crippen LogP contribution in [0.3, 0.4) is 0 Å². The highest BCUT2D eigenvalue weighted by atomic mass is 32.2. The predicted molar refractivity (Wildman–Crippen MR) is 72.3 cm³/mol. The zero-order valence-electron chi connectivity index (χ0n) is 10.2. The van der Waals surface area contributed by atoms with Crippen LogP contribution < -0.4 is 5.32 Å². The van der Waals surface area contributed by atoms with E-state index in [9.17, 15) is 5.26 Å². The van der Waals surface area contributed by atoms with Crippen LogP contribution in [0.15, 0.2) is 9.72 Å². The second-order valence-electron chi connectivity index (χ2n) is 4.43. The van der Waals surface area contributed by atoms with Crippen LogP contribution in [-0.4, -0.2) is 22.8 Å². The molecule has 0 amide bonds. The van der Waals surface area contributed by atoms with Crippen molar-refractivity contribution in [1.82, 2.24) is 10.3 Å². The minimum absolute atomic E-state index is 0.348. The first-order chi connectivity index (χ1) is 8.20. The van der Waals surface area contributed by atoms with Crippen molar-refractivity contribution in [3.63, 3.8) is 0 Å². The molecule has 0 bridgehead atoms. The summed E-state index contributed by atoms with van der Waals surface area (Å²) in [6.45, 7) is 4.91. The largest absolute Gasteiger partial charge is 0.299 e. The average Bonchev–Trinajstić information content (AvgIpc) is 3.09. The fourth-order valence-corrected chi connectivity index (χ4v) is 4.02. The van der Waals surface area contributed by atoms with Crippen LogP contribution in [0.1, 0.15) is 25.5 Å². The number of hydrogen-bond donors (Lipinski definition) is 1. The molecule has 0 radical (unpaired) electrons. The Morgan fingerprint density at radius 1 is 1.71 bits per heavy atom. The van der Waals surface area contributed by atoms with Crippen molar-refractivity contribution in [2.24, 2.45) is 5.92 Å². The molecule has 0 aromatic carbocycles. The maximum atomic E-state index is 9.46. The van der Waals surface area contributed by atoms with Crippen molar-refractivity contribution < 1.29 is 0 Å². The summed E-state index contributed by atoms with van der Waals surface area (Å²) < 4.78 is 1.07. The van der Waals surface area contributed by atoms with Gasteiger partial charge in [-0.15, -0.1) is 11.3 Å². The van der Waals surface area contributed by atoms with Gasteiger partial charge < -0.3 is 0 Å². The summed E-state index contributed by atoms with van der Waals surface area (Å²) in [6, 6.07) is 2.50. The summed E-state index contributed by atoms with van der Waals surface area (Å²) in [5.41, 5.74) is 0.717. The van der Waals surface area contributed by atoms with Crippen molar-refractivity contribution in [3.8, 4) is 6.07 Å². The summed E-state index contributed by atoms with van der Waals surface area (Å²) >= 11 is 3.37. The Kier molecular flexibility index (Phi) is 4.08. The van der Waals surface area contributed by atoms with E-state index < -0.39 is 0 Å². The third-order valence-corrected chi connectivity index (χ3v) is 5.32. The van der Waals surface area contributed by atoms with Crippen molar-refractivity contribution >= 4 is 23.1 Å². The first kappa shape index (κ1) is 12.9. The maximum absolute atomic E-state index is 9.46. The van der Waals surface area contributed by atoms with E-state index in [1.807, 2.05) is 6.92 Å². The normalized spacial score (nSPS) is 18.6. The van der Waals surface area contributed by atoms with Crippen LogP contribution in [0.5, 0.6) is 0 Å². The fraction of sp³-hybridized carbons (Fsp3) is 0.667. The van der Waals surface area contributed by atoms with Crippen LogP contribution >= 0.6 is 23.1 Å². The number of aryl methyl sites for hydroxylation is 1. The van der Waals surface area contributed by atoms with Gasteiger partial charge in [0.15, 0.2) is 0 Å². The van der Waals surface area contributed by atoms with Crippen molar-refractivity contribution in [2.45, 2.75) is 36.6 Å². The lowest BCUT2D eigenvalue weighted by atomic mass is 9.98. The van der Waals surface area contributed by atoms with Gasteiger partial charge in [0, 0.05) is 16.8 Å². The second kappa shape index (κ2) is 5.38. The zero-order chi connectivity index (χ0) is 12.3. The molecule has 17 heavy (non-hydrogen) atoms. The van der Waals surface area contributed by atoms with Crippen LogP contribution in [0.2, 0.25) is 0 Å². The molecule has 92 valence electrons. The summed E-state index contributed by atoms with van der Waals surface area (Å²) in [5, 5.41) is 14.9. The SMILES string of the molecule is CCNC(C#N)(CSc1nc(C)cs1)C1CC1. The van der Waals surface area contributed by atoms with Gasteiger partial charge in [0.05, 0.1) is 6.07 Å². The van der Waals surface area contributed by atoms with Gasteiger partial charge in [-0.05, 0) is 32.2 Å². The Hall–Kier alpha value is -0.570. The Morgan fingerprint density at radius 3 is 2.94 bits per heavy atom. The lowest BCUT2D eigenvalue weighted by molar-refractivity contribution is 0.416. The van der Waals surface area contributed by atoms with Gasteiger partial charge in [-0.3, -0.25) is 5.32 Å². The van der Waals surface area contributed by atoms with Gasteiger partial charge in [0.25, 0.3) is 0 Å². The molecule has 1 aromatic rings. The molecule has 1 fully saturated rings. The van der Waals surface area contributed by atoms with E-state index in [0.717, 1.165) is 22.3 Å². The predicted octanol–water partition coefficient (Wildman–Crippen LogP) is 2.83. The van der Waals surface area contributed by atoms with Crippen LogP contribution in [-0.2, 0) is 0 Å². The smallest absolute Gasteiger partial charge is 0.150 e. The molecule has 1 aromatic heterocycles. The number of nitriles is 1. The molecule has 1 N–H and O–H groups in total. The van der Waals surface area contributed by atoms with Crippen LogP contribution in [0, 0.1) is 24.2 Å². The minimum atomic E-state index is -0.348. The number of thiazole rings is 1. The van der Waals surface area contributed by atoms with E-state index in [1.165, 1.54) is 12.8 Å². The van der Waals surface area contributed by atoms with E-state index in [2.05, 4.69) is 28.7 Å². The number of hydrogen-bond acceptors (Lipinski definition) is 5. The fourth-order valence-electron chi connectivity index (χ4n) is 1.94. The molecular formula is C12H17N3S2. The monoisotopic (exact) mass is 267 g/mol. The third kappa shape index (κ3) is 3.01. The second-order valence-corrected chi connectivity index (χ2v) is 6.51. The summed E-state index contributed by atoms with van der Waals surface area (Å²) in [5.74, 6) is 1.33. The highest BCUT2D eigenvalue weighted by Gasteiger charge is 2.45. The summed E-state index contributed by atoms with van der Waals surface area (Å²) in [7, 11) is 0. The van der Waals surface area contributed by atoms with Crippen LogP contribution in [0.4, 0.5) is 0 Å². The Balaban J connectivity index is 2.00. The molecule has 3 nitrogen and oxygen atoms in total. The van der Waals surface area contributed by atoms with E-state index in [-0.39, 0.29) is 5.54 Å².